The Morgan fingerprint density at radius 3 is 2.71 bits per heavy atom. The second kappa shape index (κ2) is 6.08. The number of benzene rings is 1. The minimum absolute atomic E-state index is 0. The highest BCUT2D eigenvalue weighted by Gasteiger charge is 2.16. The van der Waals surface area contributed by atoms with Gasteiger partial charge in [0.2, 0.25) is 0 Å². The molecule has 0 aliphatic heterocycles. The highest BCUT2D eigenvalue weighted by atomic mass is 35.5. The lowest BCUT2D eigenvalue weighted by Crippen LogP contribution is -2.17. The van der Waals surface area contributed by atoms with Crippen molar-refractivity contribution >= 4 is 23.3 Å². The maximum Gasteiger partial charge on any atom is 0.254 e. The lowest BCUT2D eigenvalue weighted by Gasteiger charge is -2.11. The molecule has 0 aliphatic carbocycles. The Morgan fingerprint density at radius 1 is 1.19 bits per heavy atom. The molecule has 108 valence electrons. The van der Waals surface area contributed by atoms with Gasteiger partial charge in [0.1, 0.15) is 6.10 Å². The second-order valence-electron chi connectivity index (χ2n) is 4.75. The number of aryl methyl sites for hydroxylation is 1. The van der Waals surface area contributed by atoms with Gasteiger partial charge in [-0.05, 0) is 36.1 Å². The number of pyridine rings is 2. The molecule has 0 saturated carbocycles. The maximum absolute atomic E-state index is 12.2. The number of nitrogens with one attached hydrogen (secondary N) is 1. The quantitative estimate of drug-likeness (QED) is 0.765. The van der Waals surface area contributed by atoms with Crippen LogP contribution in [-0.4, -0.2) is 15.1 Å². The molecule has 0 radical (unpaired) electrons. The molecular weight excluding hydrogens is 288 g/mol. The van der Waals surface area contributed by atoms with Gasteiger partial charge in [-0.1, -0.05) is 24.3 Å². The van der Waals surface area contributed by atoms with E-state index in [1.165, 1.54) is 0 Å². The van der Waals surface area contributed by atoms with Crippen LogP contribution in [0.25, 0.3) is 10.9 Å². The number of halogens is 1. The summed E-state index contributed by atoms with van der Waals surface area (Å²) >= 11 is 0. The molecule has 1 aromatic carbocycles. The number of fused-ring (bicyclic) bond motifs is 1. The van der Waals surface area contributed by atoms with E-state index in [-0.39, 0.29) is 18.0 Å². The number of rotatable bonds is 2. The molecule has 3 aromatic rings. The summed E-state index contributed by atoms with van der Waals surface area (Å²) < 4.78 is 0. The number of aromatic amines is 1. The zero-order valence-corrected chi connectivity index (χ0v) is 12.2. The molecule has 0 aliphatic rings. The minimum atomic E-state index is -1.02. The molecule has 3 rings (SSSR count). The van der Waals surface area contributed by atoms with Crippen LogP contribution in [0.4, 0.5) is 0 Å². The predicted molar refractivity (Wildman–Crippen MR) is 84.9 cm³/mol. The van der Waals surface area contributed by atoms with E-state index in [1.54, 1.807) is 30.5 Å². The Hall–Kier alpha value is -2.17. The van der Waals surface area contributed by atoms with Gasteiger partial charge in [0, 0.05) is 6.20 Å². The van der Waals surface area contributed by atoms with Crippen molar-refractivity contribution in [3.05, 3.63) is 75.8 Å². The number of hydrogen-bond acceptors (Lipinski definition) is 3. The third-order valence-corrected chi connectivity index (χ3v) is 3.38. The van der Waals surface area contributed by atoms with Crippen LogP contribution >= 0.6 is 12.4 Å². The first kappa shape index (κ1) is 15.2. The average Bonchev–Trinajstić information content (AvgIpc) is 2.48. The van der Waals surface area contributed by atoms with Crippen LogP contribution in [0.15, 0.2) is 53.5 Å². The number of H-pyrrole nitrogens is 1. The van der Waals surface area contributed by atoms with E-state index >= 15 is 0 Å². The summed E-state index contributed by atoms with van der Waals surface area (Å²) in [4.78, 5) is 19.1. The van der Waals surface area contributed by atoms with E-state index in [0.717, 1.165) is 16.5 Å². The van der Waals surface area contributed by atoms with Crippen molar-refractivity contribution in [3.8, 4) is 0 Å². The summed E-state index contributed by atoms with van der Waals surface area (Å²) in [5.74, 6) is 0. The number of aliphatic hydroxyl groups is 1. The van der Waals surface area contributed by atoms with Crippen LogP contribution in [0.2, 0.25) is 0 Å². The van der Waals surface area contributed by atoms with Crippen LogP contribution in [0, 0.1) is 6.92 Å². The van der Waals surface area contributed by atoms with E-state index in [9.17, 15) is 9.90 Å². The smallest absolute Gasteiger partial charge is 0.254 e. The van der Waals surface area contributed by atoms with E-state index in [2.05, 4.69) is 9.97 Å². The van der Waals surface area contributed by atoms with Gasteiger partial charge in [0.25, 0.3) is 5.56 Å². The molecule has 0 bridgehead atoms. The van der Waals surface area contributed by atoms with Gasteiger partial charge in [0.05, 0.1) is 16.8 Å². The molecule has 5 heteroatoms. The van der Waals surface area contributed by atoms with E-state index < -0.39 is 6.10 Å². The van der Waals surface area contributed by atoms with Gasteiger partial charge >= 0.3 is 0 Å². The highest BCUT2D eigenvalue weighted by molar-refractivity contribution is 5.85. The predicted octanol–water partition coefficient (Wildman–Crippen LogP) is 2.74. The Balaban J connectivity index is 0.00000161. The lowest BCUT2D eigenvalue weighted by molar-refractivity contribution is 0.214. The zero-order valence-electron chi connectivity index (χ0n) is 11.4. The molecule has 1 atom stereocenters. The molecule has 2 heterocycles. The number of aliphatic hydroxyl groups excluding tert-OH is 1. The van der Waals surface area contributed by atoms with Crippen molar-refractivity contribution in [2.24, 2.45) is 0 Å². The van der Waals surface area contributed by atoms with Crippen molar-refractivity contribution in [2.45, 2.75) is 13.0 Å². The molecule has 0 spiro atoms. The lowest BCUT2D eigenvalue weighted by atomic mass is 10.0. The Kier molecular flexibility index (Phi) is 4.40. The zero-order chi connectivity index (χ0) is 14.1. The Labute approximate surface area is 127 Å². The minimum Gasteiger partial charge on any atom is -0.382 e. The number of para-hydroxylation sites is 1. The second-order valence-corrected chi connectivity index (χ2v) is 4.75. The van der Waals surface area contributed by atoms with Gasteiger partial charge in [-0.25, -0.2) is 0 Å². The summed E-state index contributed by atoms with van der Waals surface area (Å²) in [5, 5.41) is 11.2. The highest BCUT2D eigenvalue weighted by Crippen LogP contribution is 2.21. The van der Waals surface area contributed by atoms with Gasteiger partial charge in [0.15, 0.2) is 0 Å². The first-order valence-corrected chi connectivity index (χ1v) is 6.38. The number of aromatic nitrogens is 2. The van der Waals surface area contributed by atoms with Crippen LogP contribution < -0.4 is 5.56 Å². The molecular formula is C16H15ClN2O2. The van der Waals surface area contributed by atoms with E-state index in [4.69, 9.17) is 0 Å². The normalized spacial score (nSPS) is 11.9. The maximum atomic E-state index is 12.2. The topological polar surface area (TPSA) is 66.0 Å². The SMILES string of the molecule is Cc1cccc2cc(C(O)c3ccccn3)c(=O)[nH]c12.Cl. The van der Waals surface area contributed by atoms with E-state index in [0.29, 0.717) is 11.3 Å². The fourth-order valence-electron chi connectivity index (χ4n) is 2.30. The molecule has 1 unspecified atom stereocenters. The van der Waals surface area contributed by atoms with Gasteiger partial charge in [-0.2, -0.15) is 0 Å². The third-order valence-electron chi connectivity index (χ3n) is 3.38. The molecule has 0 saturated heterocycles. The fraction of sp³-hybridized carbons (Fsp3) is 0.125. The standard InChI is InChI=1S/C16H14N2O2.ClH/c1-10-5-4-6-11-9-12(16(20)18-14(10)11)15(19)13-7-2-3-8-17-13;/h2-9,15,19H,1H3,(H,18,20);1H. The van der Waals surface area contributed by atoms with Gasteiger partial charge in [-0.15, -0.1) is 12.4 Å². The molecule has 21 heavy (non-hydrogen) atoms. The largest absolute Gasteiger partial charge is 0.382 e. The van der Waals surface area contributed by atoms with Crippen LogP contribution in [0.1, 0.15) is 22.9 Å². The summed E-state index contributed by atoms with van der Waals surface area (Å²) in [6, 6.07) is 12.7. The fourth-order valence-corrected chi connectivity index (χ4v) is 2.30. The van der Waals surface area contributed by atoms with E-state index in [1.807, 2.05) is 25.1 Å². The monoisotopic (exact) mass is 302 g/mol. The summed E-state index contributed by atoms with van der Waals surface area (Å²) in [7, 11) is 0. The Morgan fingerprint density at radius 2 is 2.00 bits per heavy atom. The first-order chi connectivity index (χ1) is 9.66. The molecule has 2 N–H and O–H groups in total. The van der Waals surface area contributed by atoms with Gasteiger partial charge in [-0.3, -0.25) is 9.78 Å². The summed E-state index contributed by atoms with van der Waals surface area (Å²) in [6.45, 7) is 1.94. The van der Waals surface area contributed by atoms with Crippen LogP contribution in [0.5, 0.6) is 0 Å². The van der Waals surface area contributed by atoms with Crippen molar-refractivity contribution in [3.63, 3.8) is 0 Å². The average molecular weight is 303 g/mol. The van der Waals surface area contributed by atoms with Crippen LogP contribution in [0.3, 0.4) is 0 Å². The summed E-state index contributed by atoms with van der Waals surface area (Å²) in [5.41, 5.74) is 2.28. The first-order valence-electron chi connectivity index (χ1n) is 6.38. The Bertz CT molecular complexity index is 815. The summed E-state index contributed by atoms with van der Waals surface area (Å²) in [6.07, 6.45) is 0.572. The van der Waals surface area contributed by atoms with Crippen molar-refractivity contribution < 1.29 is 5.11 Å². The molecule has 0 fully saturated rings. The molecule has 0 amide bonds. The van der Waals surface area contributed by atoms with Crippen molar-refractivity contribution in [2.75, 3.05) is 0 Å². The third kappa shape index (κ3) is 2.82. The van der Waals surface area contributed by atoms with Crippen molar-refractivity contribution in [1.29, 1.82) is 0 Å². The van der Waals surface area contributed by atoms with Gasteiger partial charge < -0.3 is 10.1 Å². The molecule has 2 aromatic heterocycles. The number of nitrogens with zero attached hydrogens (tertiary/aromatic N) is 1. The van der Waals surface area contributed by atoms with Crippen LogP contribution in [-0.2, 0) is 0 Å². The number of hydrogen-bond donors (Lipinski definition) is 2. The molecule has 4 nitrogen and oxygen atoms in total. The van der Waals surface area contributed by atoms with Crippen molar-refractivity contribution in [1.82, 2.24) is 9.97 Å².